The molecule has 1 N–H and O–H groups in total. The molecule has 1 heterocycles. The van der Waals surface area contributed by atoms with Gasteiger partial charge in [0.2, 0.25) is 6.79 Å². The van der Waals surface area contributed by atoms with E-state index in [1.807, 2.05) is 6.07 Å². The van der Waals surface area contributed by atoms with Crippen LogP contribution in [0.4, 0.5) is 0 Å². The van der Waals surface area contributed by atoms with E-state index in [1.165, 1.54) is 24.8 Å². The van der Waals surface area contributed by atoms with Gasteiger partial charge >= 0.3 is 0 Å². The van der Waals surface area contributed by atoms with Crippen LogP contribution in [0, 0.1) is 11.8 Å². The Morgan fingerprint density at radius 1 is 1.21 bits per heavy atom. The molecule has 1 saturated carbocycles. The predicted octanol–water partition coefficient (Wildman–Crippen LogP) is 3.33. The van der Waals surface area contributed by atoms with E-state index in [1.54, 1.807) is 0 Å². The molecule has 104 valence electrons. The molecule has 3 unspecified atom stereocenters. The first-order valence-corrected chi connectivity index (χ1v) is 7.40. The van der Waals surface area contributed by atoms with E-state index in [-0.39, 0.29) is 0 Å². The van der Waals surface area contributed by atoms with Crippen molar-refractivity contribution in [1.82, 2.24) is 5.32 Å². The van der Waals surface area contributed by atoms with Crippen LogP contribution in [0.25, 0.3) is 0 Å². The Bertz CT molecular complexity index is 446. The smallest absolute Gasteiger partial charge is 0.231 e. The summed E-state index contributed by atoms with van der Waals surface area (Å²) < 4.78 is 10.8. The fourth-order valence-corrected chi connectivity index (χ4v) is 3.41. The van der Waals surface area contributed by atoms with E-state index >= 15 is 0 Å². The van der Waals surface area contributed by atoms with Crippen molar-refractivity contribution in [2.75, 3.05) is 6.79 Å². The van der Waals surface area contributed by atoms with Gasteiger partial charge in [0.25, 0.3) is 0 Å². The summed E-state index contributed by atoms with van der Waals surface area (Å²) in [6, 6.07) is 6.88. The lowest BCUT2D eigenvalue weighted by Gasteiger charge is -2.21. The van der Waals surface area contributed by atoms with Crippen molar-refractivity contribution in [3.8, 4) is 11.5 Å². The second-order valence-electron chi connectivity index (χ2n) is 5.78. The van der Waals surface area contributed by atoms with Gasteiger partial charge in [-0.15, -0.1) is 0 Å². The zero-order chi connectivity index (χ0) is 13.2. The van der Waals surface area contributed by atoms with E-state index in [0.717, 1.165) is 29.9 Å². The number of hydrogen-bond donors (Lipinski definition) is 1. The monoisotopic (exact) mass is 261 g/mol. The summed E-state index contributed by atoms with van der Waals surface area (Å²) >= 11 is 0. The first-order chi connectivity index (χ1) is 9.28. The van der Waals surface area contributed by atoms with Gasteiger partial charge < -0.3 is 14.8 Å². The Labute approximate surface area is 115 Å². The summed E-state index contributed by atoms with van der Waals surface area (Å²) in [7, 11) is 0. The topological polar surface area (TPSA) is 30.5 Å². The molecular weight excluding hydrogens is 238 g/mol. The molecule has 0 bridgehead atoms. The molecule has 0 radical (unpaired) electrons. The summed E-state index contributed by atoms with van der Waals surface area (Å²) in [4.78, 5) is 0. The first-order valence-electron chi connectivity index (χ1n) is 7.40. The lowest BCUT2D eigenvalue weighted by Crippen LogP contribution is -2.32. The normalized spacial score (nSPS) is 28.8. The number of rotatable bonds is 4. The molecule has 1 aromatic rings. The summed E-state index contributed by atoms with van der Waals surface area (Å²) in [5.41, 5.74) is 1.27. The highest BCUT2D eigenvalue weighted by molar-refractivity contribution is 5.44. The van der Waals surface area contributed by atoms with Gasteiger partial charge in [0, 0.05) is 12.6 Å². The molecule has 3 atom stereocenters. The fraction of sp³-hybridized carbons (Fsp3) is 0.625. The van der Waals surface area contributed by atoms with Crippen LogP contribution in [0.15, 0.2) is 18.2 Å². The number of hydrogen-bond acceptors (Lipinski definition) is 3. The van der Waals surface area contributed by atoms with E-state index in [9.17, 15) is 0 Å². The molecule has 0 aromatic heterocycles. The van der Waals surface area contributed by atoms with Crippen molar-refractivity contribution in [2.45, 2.75) is 45.7 Å². The largest absolute Gasteiger partial charge is 0.454 e. The minimum atomic E-state index is 0.351. The molecule has 0 spiro atoms. The van der Waals surface area contributed by atoms with E-state index in [2.05, 4.69) is 31.3 Å². The number of fused-ring (bicyclic) bond motifs is 1. The highest BCUT2D eigenvalue weighted by Gasteiger charge is 2.30. The predicted molar refractivity (Wildman–Crippen MR) is 75.4 cm³/mol. The van der Waals surface area contributed by atoms with Gasteiger partial charge in [-0.2, -0.15) is 0 Å². The zero-order valence-electron chi connectivity index (χ0n) is 11.8. The SMILES string of the molecule is CCC1CCC(NCc2ccc3c(c2)OCO3)C1C. The maximum atomic E-state index is 5.42. The van der Waals surface area contributed by atoms with Crippen LogP contribution in [-0.2, 0) is 6.54 Å². The Balaban J connectivity index is 1.58. The van der Waals surface area contributed by atoms with Gasteiger partial charge in [-0.25, -0.2) is 0 Å². The summed E-state index contributed by atoms with van der Waals surface area (Å²) in [6.45, 7) is 5.96. The van der Waals surface area contributed by atoms with Gasteiger partial charge in [-0.05, 0) is 42.4 Å². The van der Waals surface area contributed by atoms with Crippen molar-refractivity contribution in [2.24, 2.45) is 11.8 Å². The summed E-state index contributed by atoms with van der Waals surface area (Å²) in [6.07, 6.45) is 3.99. The zero-order valence-corrected chi connectivity index (χ0v) is 11.8. The van der Waals surface area contributed by atoms with Crippen molar-refractivity contribution < 1.29 is 9.47 Å². The van der Waals surface area contributed by atoms with E-state index in [4.69, 9.17) is 9.47 Å². The minimum absolute atomic E-state index is 0.351. The maximum absolute atomic E-state index is 5.42. The van der Waals surface area contributed by atoms with Crippen LogP contribution >= 0.6 is 0 Å². The third-order valence-electron chi connectivity index (χ3n) is 4.76. The Kier molecular flexibility index (Phi) is 3.65. The second kappa shape index (κ2) is 5.41. The molecule has 3 heteroatoms. The number of benzene rings is 1. The maximum Gasteiger partial charge on any atom is 0.231 e. The molecular formula is C16H23NO2. The third-order valence-corrected chi connectivity index (χ3v) is 4.76. The molecule has 1 aliphatic carbocycles. The van der Waals surface area contributed by atoms with Crippen LogP contribution in [0.2, 0.25) is 0 Å². The minimum Gasteiger partial charge on any atom is -0.454 e. The van der Waals surface area contributed by atoms with E-state index < -0.39 is 0 Å². The molecule has 0 saturated heterocycles. The third kappa shape index (κ3) is 2.57. The highest BCUT2D eigenvalue weighted by Crippen LogP contribution is 2.35. The molecule has 1 aliphatic heterocycles. The molecule has 2 aliphatic rings. The summed E-state index contributed by atoms with van der Waals surface area (Å²) in [5, 5.41) is 3.71. The van der Waals surface area contributed by atoms with Crippen LogP contribution in [-0.4, -0.2) is 12.8 Å². The van der Waals surface area contributed by atoms with Crippen LogP contribution in [0.3, 0.4) is 0 Å². The fourth-order valence-electron chi connectivity index (χ4n) is 3.41. The van der Waals surface area contributed by atoms with E-state index in [0.29, 0.717) is 12.8 Å². The number of nitrogens with one attached hydrogen (secondary N) is 1. The molecule has 0 amide bonds. The van der Waals surface area contributed by atoms with Crippen molar-refractivity contribution in [3.05, 3.63) is 23.8 Å². The van der Waals surface area contributed by atoms with Gasteiger partial charge in [-0.1, -0.05) is 26.3 Å². The van der Waals surface area contributed by atoms with Crippen molar-refractivity contribution >= 4 is 0 Å². The molecule has 3 nitrogen and oxygen atoms in total. The lowest BCUT2D eigenvalue weighted by molar-refractivity contribution is 0.174. The quantitative estimate of drug-likeness (QED) is 0.901. The molecule has 1 aromatic carbocycles. The second-order valence-corrected chi connectivity index (χ2v) is 5.78. The molecule has 1 fully saturated rings. The number of ether oxygens (including phenoxy) is 2. The lowest BCUT2D eigenvalue weighted by atomic mass is 9.93. The van der Waals surface area contributed by atoms with Gasteiger partial charge in [0.05, 0.1) is 0 Å². The van der Waals surface area contributed by atoms with Crippen LogP contribution in [0.5, 0.6) is 11.5 Å². The molecule has 3 rings (SSSR count). The average Bonchev–Trinajstić information content (AvgIpc) is 3.02. The Hall–Kier alpha value is -1.22. The van der Waals surface area contributed by atoms with Crippen LogP contribution in [0.1, 0.15) is 38.7 Å². The highest BCUT2D eigenvalue weighted by atomic mass is 16.7. The summed E-state index contributed by atoms with van der Waals surface area (Å²) in [5.74, 6) is 3.43. The van der Waals surface area contributed by atoms with Gasteiger partial charge in [-0.3, -0.25) is 0 Å². The van der Waals surface area contributed by atoms with Crippen molar-refractivity contribution in [1.29, 1.82) is 0 Å². The van der Waals surface area contributed by atoms with Crippen molar-refractivity contribution in [3.63, 3.8) is 0 Å². The standard InChI is InChI=1S/C16H23NO2/c1-3-13-5-6-14(11(13)2)17-9-12-4-7-15-16(8-12)19-10-18-15/h4,7-8,11,13-14,17H,3,5-6,9-10H2,1-2H3. The van der Waals surface area contributed by atoms with Crippen LogP contribution < -0.4 is 14.8 Å². The van der Waals surface area contributed by atoms with Gasteiger partial charge in [0.1, 0.15) is 0 Å². The van der Waals surface area contributed by atoms with Gasteiger partial charge in [0.15, 0.2) is 11.5 Å². The first kappa shape index (κ1) is 12.8. The Morgan fingerprint density at radius 3 is 2.84 bits per heavy atom. The Morgan fingerprint density at radius 2 is 2.05 bits per heavy atom. The molecule has 19 heavy (non-hydrogen) atoms. The average molecular weight is 261 g/mol.